The quantitative estimate of drug-likeness (QED) is 0.768. The Bertz CT molecular complexity index is 762. The number of aliphatic hydroxyl groups is 1. The van der Waals surface area contributed by atoms with Crippen molar-refractivity contribution in [2.24, 2.45) is 0 Å². The Hall–Kier alpha value is -1.48. The van der Waals surface area contributed by atoms with E-state index in [0.29, 0.717) is 13.1 Å². The van der Waals surface area contributed by atoms with Crippen molar-refractivity contribution >= 4 is 21.4 Å². The van der Waals surface area contributed by atoms with Gasteiger partial charge in [-0.15, -0.1) is 0 Å². The lowest BCUT2D eigenvalue weighted by Gasteiger charge is -2.40. The average molecular weight is 379 g/mol. The molecular formula is C18H25N3O4S. The zero-order chi connectivity index (χ0) is 18.3. The van der Waals surface area contributed by atoms with Gasteiger partial charge >= 0.3 is 0 Å². The molecule has 0 bridgehead atoms. The average Bonchev–Trinajstić information content (AvgIpc) is 3.14. The minimum Gasteiger partial charge on any atom is -0.390 e. The highest BCUT2D eigenvalue weighted by molar-refractivity contribution is 7.91. The number of piperazine rings is 1. The Labute approximate surface area is 154 Å². The van der Waals surface area contributed by atoms with E-state index in [-0.39, 0.29) is 29.5 Å². The van der Waals surface area contributed by atoms with Crippen molar-refractivity contribution < 1.29 is 18.3 Å². The van der Waals surface area contributed by atoms with E-state index in [2.05, 4.69) is 9.80 Å². The molecule has 142 valence electrons. The fourth-order valence-electron chi connectivity index (χ4n) is 4.41. The van der Waals surface area contributed by atoms with Gasteiger partial charge in [0.25, 0.3) is 0 Å². The highest BCUT2D eigenvalue weighted by atomic mass is 32.2. The molecule has 0 aliphatic carbocycles. The number of sulfone groups is 1. The minimum absolute atomic E-state index is 0.0400. The van der Waals surface area contributed by atoms with Gasteiger partial charge in [-0.3, -0.25) is 14.6 Å². The first-order valence-corrected chi connectivity index (χ1v) is 11.0. The molecule has 3 fully saturated rings. The number of benzene rings is 1. The third kappa shape index (κ3) is 3.38. The molecule has 1 aromatic carbocycles. The number of hydrogen-bond donors (Lipinski definition) is 1. The van der Waals surface area contributed by atoms with Crippen molar-refractivity contribution in [2.45, 2.75) is 24.6 Å². The van der Waals surface area contributed by atoms with Gasteiger partial charge in [0.1, 0.15) is 0 Å². The summed E-state index contributed by atoms with van der Waals surface area (Å²) >= 11 is 0. The molecule has 3 atom stereocenters. The number of aliphatic hydroxyl groups excluding tert-OH is 1. The predicted octanol–water partition coefficient (Wildman–Crippen LogP) is -0.433. The molecule has 7 nitrogen and oxygen atoms in total. The van der Waals surface area contributed by atoms with Gasteiger partial charge in [0.05, 0.1) is 29.7 Å². The molecule has 0 unspecified atom stereocenters. The van der Waals surface area contributed by atoms with Gasteiger partial charge in [-0.25, -0.2) is 8.42 Å². The molecular weight excluding hydrogens is 354 g/mol. The van der Waals surface area contributed by atoms with Crippen LogP contribution in [0.25, 0.3) is 0 Å². The maximum absolute atomic E-state index is 12.8. The SMILES string of the molecule is O=C1[C@H](N2CCN([C@H]3CS(=O)(=O)C[C@@H]3O)CC2)CCN1c1ccccc1. The molecule has 3 aliphatic rings. The Balaban J connectivity index is 1.36. The number of amides is 1. The molecule has 0 spiro atoms. The van der Waals surface area contributed by atoms with E-state index in [1.165, 1.54) is 0 Å². The van der Waals surface area contributed by atoms with Crippen molar-refractivity contribution in [3.63, 3.8) is 0 Å². The second-order valence-electron chi connectivity index (χ2n) is 7.41. The zero-order valence-electron chi connectivity index (χ0n) is 14.7. The van der Waals surface area contributed by atoms with Gasteiger partial charge in [-0.05, 0) is 18.6 Å². The summed E-state index contributed by atoms with van der Waals surface area (Å²) in [6.07, 6.45) is 0.0157. The molecule has 1 aromatic rings. The standard InChI is InChI=1S/C18H25N3O4S/c22-17-13-26(24,25)12-16(17)20-10-8-19(9-11-20)15-6-7-21(18(15)23)14-4-2-1-3-5-14/h1-5,15-17,22H,6-13H2/t15-,16+,17+/m1/s1. The Morgan fingerprint density at radius 1 is 0.923 bits per heavy atom. The van der Waals surface area contributed by atoms with E-state index < -0.39 is 15.9 Å². The molecule has 0 radical (unpaired) electrons. The molecule has 8 heteroatoms. The molecule has 0 saturated carbocycles. The summed E-state index contributed by atoms with van der Waals surface area (Å²) in [6.45, 7) is 3.55. The van der Waals surface area contributed by atoms with E-state index in [4.69, 9.17) is 0 Å². The molecule has 1 amide bonds. The Morgan fingerprint density at radius 2 is 1.58 bits per heavy atom. The van der Waals surface area contributed by atoms with Crippen LogP contribution in [0.15, 0.2) is 30.3 Å². The van der Waals surface area contributed by atoms with Gasteiger partial charge in [-0.1, -0.05) is 18.2 Å². The number of para-hydroxylation sites is 1. The first kappa shape index (κ1) is 17.9. The summed E-state index contributed by atoms with van der Waals surface area (Å²) in [6, 6.07) is 9.33. The Kier molecular flexibility index (Phi) is 4.77. The van der Waals surface area contributed by atoms with Crippen LogP contribution in [0.1, 0.15) is 6.42 Å². The molecule has 26 heavy (non-hydrogen) atoms. The third-order valence-corrected chi connectivity index (χ3v) is 7.50. The first-order valence-electron chi connectivity index (χ1n) is 9.18. The zero-order valence-corrected chi connectivity index (χ0v) is 15.5. The van der Waals surface area contributed by atoms with Crippen LogP contribution < -0.4 is 4.90 Å². The van der Waals surface area contributed by atoms with Crippen LogP contribution in [0.2, 0.25) is 0 Å². The minimum atomic E-state index is -3.14. The van der Waals surface area contributed by atoms with Crippen molar-refractivity contribution in [2.75, 3.05) is 49.1 Å². The summed E-state index contributed by atoms with van der Waals surface area (Å²) < 4.78 is 23.5. The van der Waals surface area contributed by atoms with Crippen LogP contribution in [0.4, 0.5) is 5.69 Å². The first-order chi connectivity index (χ1) is 12.4. The number of anilines is 1. The second kappa shape index (κ2) is 6.92. The third-order valence-electron chi connectivity index (χ3n) is 5.80. The number of rotatable bonds is 3. The number of nitrogens with zero attached hydrogens (tertiary/aromatic N) is 3. The highest BCUT2D eigenvalue weighted by Crippen LogP contribution is 2.26. The molecule has 3 saturated heterocycles. The van der Waals surface area contributed by atoms with Gasteiger partial charge < -0.3 is 10.0 Å². The van der Waals surface area contributed by atoms with Crippen LogP contribution in [-0.4, -0.2) is 91.6 Å². The smallest absolute Gasteiger partial charge is 0.244 e. The van der Waals surface area contributed by atoms with E-state index in [1.807, 2.05) is 35.2 Å². The van der Waals surface area contributed by atoms with E-state index in [9.17, 15) is 18.3 Å². The van der Waals surface area contributed by atoms with Gasteiger partial charge in [0, 0.05) is 38.4 Å². The number of carbonyl (C=O) groups excluding carboxylic acids is 1. The van der Waals surface area contributed by atoms with Gasteiger partial charge in [0.15, 0.2) is 9.84 Å². The summed E-state index contributed by atoms with van der Waals surface area (Å²) in [5, 5.41) is 10.1. The van der Waals surface area contributed by atoms with Crippen LogP contribution >= 0.6 is 0 Å². The fraction of sp³-hybridized carbons (Fsp3) is 0.611. The lowest BCUT2D eigenvalue weighted by molar-refractivity contribution is -0.122. The normalized spacial score (nSPS) is 33.0. The lowest BCUT2D eigenvalue weighted by atomic mass is 10.1. The van der Waals surface area contributed by atoms with Crippen LogP contribution in [0, 0.1) is 0 Å². The van der Waals surface area contributed by atoms with Crippen LogP contribution in [-0.2, 0) is 14.6 Å². The van der Waals surface area contributed by atoms with Crippen LogP contribution in [0.3, 0.4) is 0 Å². The van der Waals surface area contributed by atoms with E-state index in [0.717, 1.165) is 31.7 Å². The maximum atomic E-state index is 12.8. The fourth-order valence-corrected chi connectivity index (χ4v) is 6.24. The molecule has 3 heterocycles. The predicted molar refractivity (Wildman–Crippen MR) is 98.8 cm³/mol. The summed E-state index contributed by atoms with van der Waals surface area (Å²) in [5.74, 6) is 0.0525. The summed E-state index contributed by atoms with van der Waals surface area (Å²) in [5.41, 5.74) is 0.943. The van der Waals surface area contributed by atoms with Gasteiger partial charge in [-0.2, -0.15) is 0 Å². The van der Waals surface area contributed by atoms with Gasteiger partial charge in [0.2, 0.25) is 5.91 Å². The number of carbonyl (C=O) groups is 1. The largest absolute Gasteiger partial charge is 0.390 e. The van der Waals surface area contributed by atoms with E-state index in [1.54, 1.807) is 0 Å². The van der Waals surface area contributed by atoms with E-state index >= 15 is 0 Å². The summed E-state index contributed by atoms with van der Waals surface area (Å²) in [7, 11) is -3.14. The molecule has 0 aromatic heterocycles. The van der Waals surface area contributed by atoms with Crippen molar-refractivity contribution in [1.29, 1.82) is 0 Å². The number of hydrogen-bond acceptors (Lipinski definition) is 6. The van der Waals surface area contributed by atoms with Crippen LogP contribution in [0.5, 0.6) is 0 Å². The van der Waals surface area contributed by atoms with Crippen molar-refractivity contribution in [1.82, 2.24) is 9.80 Å². The molecule has 3 aliphatic heterocycles. The molecule has 4 rings (SSSR count). The second-order valence-corrected chi connectivity index (χ2v) is 9.57. The lowest BCUT2D eigenvalue weighted by Crippen LogP contribution is -2.56. The topological polar surface area (TPSA) is 81.2 Å². The summed E-state index contributed by atoms with van der Waals surface area (Å²) in [4.78, 5) is 19.0. The maximum Gasteiger partial charge on any atom is 0.244 e. The van der Waals surface area contributed by atoms with Crippen molar-refractivity contribution in [3.05, 3.63) is 30.3 Å². The monoisotopic (exact) mass is 379 g/mol. The Morgan fingerprint density at radius 3 is 2.19 bits per heavy atom. The molecule has 1 N–H and O–H groups in total. The van der Waals surface area contributed by atoms with Crippen molar-refractivity contribution in [3.8, 4) is 0 Å². The highest BCUT2D eigenvalue weighted by Gasteiger charge is 2.43.